The maximum atomic E-state index is 13.6. The molecule has 0 aromatic heterocycles. The van der Waals surface area contributed by atoms with Gasteiger partial charge in [-0.1, -0.05) is 53.5 Å². The minimum Gasteiger partial charge on any atom is -0.383 e. The highest BCUT2D eigenvalue weighted by atomic mass is 35.5. The summed E-state index contributed by atoms with van der Waals surface area (Å²) in [5.74, 6) is -0.791. The zero-order chi connectivity index (χ0) is 28.7. The first-order chi connectivity index (χ1) is 19.2. The van der Waals surface area contributed by atoms with Gasteiger partial charge in [-0.15, -0.1) is 0 Å². The highest BCUT2D eigenvalue weighted by molar-refractivity contribution is 7.89. The Kier molecular flexibility index (Phi) is 10.6. The minimum absolute atomic E-state index is 0.0884. The normalized spacial score (nSPS) is 15.8. The van der Waals surface area contributed by atoms with Crippen LogP contribution in [0.2, 0.25) is 10.0 Å². The molecule has 3 aromatic carbocycles. The van der Waals surface area contributed by atoms with Crippen LogP contribution in [0, 0.1) is 5.82 Å². The lowest BCUT2D eigenvalue weighted by molar-refractivity contribution is -0.122. The molecular formula is C29H32Cl2FN3O4S. The van der Waals surface area contributed by atoms with Crippen LogP contribution in [-0.2, 0) is 32.5 Å². The molecular weight excluding hydrogens is 576 g/mol. The molecule has 3 N–H and O–H groups in total. The molecule has 0 radical (unpaired) electrons. The number of methoxy groups -OCH3 is 1. The van der Waals surface area contributed by atoms with Crippen molar-refractivity contribution in [3.8, 4) is 0 Å². The highest BCUT2D eigenvalue weighted by Crippen LogP contribution is 2.31. The van der Waals surface area contributed by atoms with Crippen LogP contribution < -0.4 is 15.4 Å². The van der Waals surface area contributed by atoms with Crippen molar-refractivity contribution in [1.82, 2.24) is 15.4 Å². The van der Waals surface area contributed by atoms with Gasteiger partial charge < -0.3 is 15.4 Å². The third-order valence-electron chi connectivity index (χ3n) is 6.83. The third-order valence-corrected chi connectivity index (χ3v) is 9.04. The van der Waals surface area contributed by atoms with E-state index in [-0.39, 0.29) is 33.3 Å². The number of fused-ring (bicyclic) bond motifs is 1. The maximum absolute atomic E-state index is 13.6. The summed E-state index contributed by atoms with van der Waals surface area (Å²) in [7, 11) is -2.41. The minimum atomic E-state index is -4.08. The molecule has 2 unspecified atom stereocenters. The SMILES string of the molecule is COCCNCc1ccc2c(c1)CCCC2NC(=O)CC(NS(=O)(=O)c1ccc(Cl)c(Cl)c1)c1ccc(F)cc1. The standard InChI is InChI=1S/C29H32Cl2FN3O4S/c1-39-14-13-33-18-19-5-11-24-21(15-19)3-2-4-27(24)34-29(36)17-28(20-6-8-22(32)9-7-20)35-40(37,38)23-10-12-25(30)26(31)16-23/h5-12,15-16,27-28,33,35H,2-4,13-14,17-18H2,1H3,(H,34,36). The molecule has 214 valence electrons. The van der Waals surface area contributed by atoms with Crippen molar-refractivity contribution in [2.45, 2.75) is 49.2 Å². The summed E-state index contributed by atoms with van der Waals surface area (Å²) in [4.78, 5) is 13.2. The topological polar surface area (TPSA) is 96.5 Å². The molecule has 0 spiro atoms. The van der Waals surface area contributed by atoms with Crippen LogP contribution in [0.5, 0.6) is 0 Å². The molecule has 0 fully saturated rings. The fraction of sp³-hybridized carbons (Fsp3) is 0.345. The zero-order valence-corrected chi connectivity index (χ0v) is 24.4. The van der Waals surface area contributed by atoms with Gasteiger partial charge in [0.25, 0.3) is 0 Å². The van der Waals surface area contributed by atoms with Gasteiger partial charge in [0.1, 0.15) is 5.82 Å². The lowest BCUT2D eigenvalue weighted by atomic mass is 9.86. The van der Waals surface area contributed by atoms with Crippen LogP contribution >= 0.6 is 23.2 Å². The maximum Gasteiger partial charge on any atom is 0.241 e. The monoisotopic (exact) mass is 607 g/mol. The summed E-state index contributed by atoms with van der Waals surface area (Å²) in [5, 5.41) is 6.74. The molecule has 3 aromatic rings. The highest BCUT2D eigenvalue weighted by Gasteiger charge is 2.27. The first-order valence-electron chi connectivity index (χ1n) is 13.0. The first-order valence-corrected chi connectivity index (χ1v) is 15.2. The van der Waals surface area contributed by atoms with E-state index < -0.39 is 21.9 Å². The number of hydrogen-bond acceptors (Lipinski definition) is 5. The molecule has 40 heavy (non-hydrogen) atoms. The summed E-state index contributed by atoms with van der Waals surface area (Å²) < 4.78 is 47.7. The Morgan fingerprint density at radius 1 is 1.07 bits per heavy atom. The van der Waals surface area contributed by atoms with Gasteiger partial charge in [0.2, 0.25) is 15.9 Å². The summed E-state index contributed by atoms with van der Waals surface area (Å²) in [6.45, 7) is 2.13. The molecule has 1 aliphatic rings. The molecule has 1 amide bonds. The van der Waals surface area contributed by atoms with Gasteiger partial charge in [0, 0.05) is 26.6 Å². The van der Waals surface area contributed by atoms with Crippen molar-refractivity contribution >= 4 is 39.1 Å². The Hall–Kier alpha value is -2.53. The van der Waals surface area contributed by atoms with E-state index in [0.717, 1.165) is 43.5 Å². The van der Waals surface area contributed by atoms with Crippen LogP contribution in [0.1, 0.15) is 53.6 Å². The molecule has 2 atom stereocenters. The van der Waals surface area contributed by atoms with E-state index in [1.807, 2.05) is 0 Å². The number of hydrogen-bond donors (Lipinski definition) is 3. The van der Waals surface area contributed by atoms with Gasteiger partial charge in [-0.25, -0.2) is 17.5 Å². The summed E-state index contributed by atoms with van der Waals surface area (Å²) >= 11 is 12.0. The number of carbonyl (C=O) groups excluding carboxylic acids is 1. The van der Waals surface area contributed by atoms with E-state index in [1.54, 1.807) is 7.11 Å². The van der Waals surface area contributed by atoms with E-state index in [1.165, 1.54) is 48.0 Å². The lowest BCUT2D eigenvalue weighted by Gasteiger charge is -2.28. The zero-order valence-electron chi connectivity index (χ0n) is 22.1. The largest absolute Gasteiger partial charge is 0.383 e. The lowest BCUT2D eigenvalue weighted by Crippen LogP contribution is -2.36. The Balaban J connectivity index is 1.49. The molecule has 0 aliphatic heterocycles. The number of nitrogens with one attached hydrogen (secondary N) is 3. The number of benzene rings is 3. The third kappa shape index (κ3) is 8.02. The summed E-state index contributed by atoms with van der Waals surface area (Å²) in [6.07, 6.45) is 2.44. The average molecular weight is 609 g/mol. The smallest absolute Gasteiger partial charge is 0.241 e. The van der Waals surface area contributed by atoms with Crippen molar-refractivity contribution in [3.63, 3.8) is 0 Å². The van der Waals surface area contributed by atoms with Gasteiger partial charge in [0.15, 0.2) is 0 Å². The molecule has 11 heteroatoms. The van der Waals surface area contributed by atoms with E-state index in [2.05, 4.69) is 33.6 Å². The molecule has 7 nitrogen and oxygen atoms in total. The molecule has 0 saturated heterocycles. The number of halogens is 3. The molecule has 0 saturated carbocycles. The number of rotatable bonds is 12. The van der Waals surface area contributed by atoms with Gasteiger partial charge >= 0.3 is 0 Å². The fourth-order valence-electron chi connectivity index (χ4n) is 4.80. The number of ether oxygens (including phenoxy) is 1. The predicted octanol–water partition coefficient (Wildman–Crippen LogP) is 5.47. The van der Waals surface area contributed by atoms with E-state index in [4.69, 9.17) is 27.9 Å². The number of carbonyl (C=O) groups is 1. The van der Waals surface area contributed by atoms with Gasteiger partial charge in [-0.2, -0.15) is 0 Å². The summed E-state index contributed by atoms with van der Waals surface area (Å²) in [5.41, 5.74) is 3.87. The average Bonchev–Trinajstić information content (AvgIpc) is 2.92. The quantitative estimate of drug-likeness (QED) is 0.237. The predicted molar refractivity (Wildman–Crippen MR) is 154 cm³/mol. The van der Waals surface area contributed by atoms with Crippen LogP contribution in [-0.4, -0.2) is 34.6 Å². The van der Waals surface area contributed by atoms with Crippen LogP contribution in [0.4, 0.5) is 4.39 Å². The van der Waals surface area contributed by atoms with E-state index in [0.29, 0.717) is 12.2 Å². The summed E-state index contributed by atoms with van der Waals surface area (Å²) in [6, 6.07) is 14.5. The van der Waals surface area contributed by atoms with Crippen molar-refractivity contribution in [2.75, 3.05) is 20.3 Å². The molecule has 1 aliphatic carbocycles. The van der Waals surface area contributed by atoms with Crippen molar-refractivity contribution in [3.05, 3.63) is 98.8 Å². The molecule has 4 rings (SSSR count). The van der Waals surface area contributed by atoms with Crippen molar-refractivity contribution < 1.29 is 22.3 Å². The van der Waals surface area contributed by atoms with Crippen LogP contribution in [0.25, 0.3) is 0 Å². The second kappa shape index (κ2) is 13.9. The van der Waals surface area contributed by atoms with E-state index >= 15 is 0 Å². The Morgan fingerprint density at radius 2 is 1.85 bits per heavy atom. The van der Waals surface area contributed by atoms with Crippen molar-refractivity contribution in [1.29, 1.82) is 0 Å². The van der Waals surface area contributed by atoms with Crippen LogP contribution in [0.15, 0.2) is 65.6 Å². The Bertz CT molecular complexity index is 1440. The van der Waals surface area contributed by atoms with E-state index in [9.17, 15) is 17.6 Å². The van der Waals surface area contributed by atoms with Gasteiger partial charge in [-0.05, 0) is 71.8 Å². The fourth-order valence-corrected chi connectivity index (χ4v) is 6.41. The van der Waals surface area contributed by atoms with Gasteiger partial charge in [0.05, 0.1) is 33.6 Å². The first kappa shape index (κ1) is 30.4. The Morgan fingerprint density at radius 3 is 2.58 bits per heavy atom. The molecule has 0 heterocycles. The number of aryl methyl sites for hydroxylation is 1. The Labute approximate surface area is 244 Å². The van der Waals surface area contributed by atoms with Gasteiger partial charge in [-0.3, -0.25) is 4.79 Å². The second-order valence-electron chi connectivity index (χ2n) is 9.72. The molecule has 0 bridgehead atoms. The number of sulfonamides is 1. The second-order valence-corrected chi connectivity index (χ2v) is 12.2. The number of amides is 1. The van der Waals surface area contributed by atoms with Crippen molar-refractivity contribution in [2.24, 2.45) is 0 Å². The van der Waals surface area contributed by atoms with Crippen LogP contribution in [0.3, 0.4) is 0 Å².